The van der Waals surface area contributed by atoms with Gasteiger partial charge in [-0.05, 0) is 48.7 Å². The fraction of sp³-hybridized carbons (Fsp3) is 0.250. The highest BCUT2D eigenvalue weighted by Gasteiger charge is 2.09. The predicted molar refractivity (Wildman–Crippen MR) is 102 cm³/mol. The highest BCUT2D eigenvalue weighted by Crippen LogP contribution is 2.21. The average molecular weight is 354 g/mol. The lowest BCUT2D eigenvalue weighted by Crippen LogP contribution is -2.09. The van der Waals surface area contributed by atoms with Crippen LogP contribution in [0.4, 0.5) is 11.4 Å². The van der Waals surface area contributed by atoms with Crippen LogP contribution < -0.4 is 10.1 Å². The molecule has 6 heteroatoms. The molecule has 0 spiro atoms. The first-order valence-corrected chi connectivity index (χ1v) is 8.46. The number of carbonyl (C=O) groups is 1. The Kier molecular flexibility index (Phi) is 6.91. The van der Waals surface area contributed by atoms with E-state index in [-0.39, 0.29) is 11.6 Å². The van der Waals surface area contributed by atoms with Crippen LogP contribution in [0, 0.1) is 17.0 Å². The second-order valence-electron chi connectivity index (χ2n) is 5.85. The Morgan fingerprint density at radius 2 is 1.96 bits per heavy atom. The fourth-order valence-corrected chi connectivity index (χ4v) is 2.26. The van der Waals surface area contributed by atoms with Crippen LogP contribution in [0.5, 0.6) is 5.75 Å². The molecule has 1 amide bonds. The van der Waals surface area contributed by atoms with E-state index in [4.69, 9.17) is 4.74 Å². The van der Waals surface area contributed by atoms with Gasteiger partial charge in [-0.1, -0.05) is 25.5 Å². The van der Waals surface area contributed by atoms with Gasteiger partial charge in [0.05, 0.1) is 11.5 Å². The summed E-state index contributed by atoms with van der Waals surface area (Å²) in [6.45, 7) is 4.52. The zero-order valence-corrected chi connectivity index (χ0v) is 14.9. The van der Waals surface area contributed by atoms with Crippen molar-refractivity contribution in [2.75, 3.05) is 11.9 Å². The van der Waals surface area contributed by atoms with Crippen molar-refractivity contribution in [2.45, 2.75) is 26.7 Å². The van der Waals surface area contributed by atoms with Crippen LogP contribution in [0.1, 0.15) is 30.9 Å². The molecule has 0 heterocycles. The van der Waals surface area contributed by atoms with E-state index in [2.05, 4.69) is 12.2 Å². The number of non-ortho nitro benzene ring substituents is 1. The molecule has 0 fully saturated rings. The Labute approximate surface area is 152 Å². The second kappa shape index (κ2) is 9.36. The molecule has 0 aliphatic rings. The molecule has 0 aliphatic carbocycles. The number of aryl methyl sites for hydroxylation is 1. The van der Waals surface area contributed by atoms with E-state index in [1.807, 2.05) is 24.3 Å². The van der Waals surface area contributed by atoms with E-state index in [0.717, 1.165) is 24.2 Å². The minimum absolute atomic E-state index is 0.00251. The molecule has 0 saturated heterocycles. The number of nitro groups is 1. The predicted octanol–water partition coefficient (Wildman–Crippen LogP) is 4.73. The number of nitrogens with one attached hydrogen (secondary N) is 1. The molecule has 0 bridgehead atoms. The molecule has 0 saturated carbocycles. The number of anilines is 1. The van der Waals surface area contributed by atoms with Crippen LogP contribution in [-0.4, -0.2) is 17.4 Å². The topological polar surface area (TPSA) is 81.5 Å². The molecule has 0 radical (unpaired) electrons. The molecular formula is C20H22N2O4. The highest BCUT2D eigenvalue weighted by molar-refractivity contribution is 6.02. The maximum Gasteiger partial charge on any atom is 0.269 e. The Balaban J connectivity index is 1.94. The molecule has 6 nitrogen and oxygen atoms in total. The van der Waals surface area contributed by atoms with Crippen molar-refractivity contribution >= 4 is 23.4 Å². The molecule has 136 valence electrons. The SMILES string of the molecule is CCCCOc1ccc(/C=C/C(=O)Nc2ccc([N+](=O)[O-])cc2C)cc1. The van der Waals surface area contributed by atoms with E-state index in [1.54, 1.807) is 13.0 Å². The molecule has 0 unspecified atom stereocenters. The van der Waals surface area contributed by atoms with Gasteiger partial charge >= 0.3 is 0 Å². The first kappa shape index (κ1) is 19.2. The summed E-state index contributed by atoms with van der Waals surface area (Å²) in [4.78, 5) is 22.3. The van der Waals surface area contributed by atoms with Crippen LogP contribution in [0.15, 0.2) is 48.5 Å². The van der Waals surface area contributed by atoms with E-state index >= 15 is 0 Å². The number of carbonyl (C=O) groups excluding carboxylic acids is 1. The van der Waals surface area contributed by atoms with Crippen molar-refractivity contribution in [3.05, 3.63) is 69.8 Å². The maximum absolute atomic E-state index is 12.0. The van der Waals surface area contributed by atoms with Crippen LogP contribution in [0.25, 0.3) is 6.08 Å². The maximum atomic E-state index is 12.0. The van der Waals surface area contributed by atoms with Crippen molar-refractivity contribution in [3.63, 3.8) is 0 Å². The van der Waals surface area contributed by atoms with Gasteiger partial charge in [-0.2, -0.15) is 0 Å². The van der Waals surface area contributed by atoms with E-state index in [9.17, 15) is 14.9 Å². The summed E-state index contributed by atoms with van der Waals surface area (Å²) in [6.07, 6.45) is 5.23. The van der Waals surface area contributed by atoms with Crippen LogP contribution in [-0.2, 0) is 4.79 Å². The highest BCUT2D eigenvalue weighted by atomic mass is 16.6. The van der Waals surface area contributed by atoms with Gasteiger partial charge in [-0.3, -0.25) is 14.9 Å². The van der Waals surface area contributed by atoms with Gasteiger partial charge in [-0.25, -0.2) is 0 Å². The number of unbranched alkanes of at least 4 members (excludes halogenated alkanes) is 1. The normalized spacial score (nSPS) is 10.7. The molecule has 2 aromatic carbocycles. The lowest BCUT2D eigenvalue weighted by Gasteiger charge is -2.06. The van der Waals surface area contributed by atoms with Gasteiger partial charge in [0.1, 0.15) is 5.75 Å². The molecule has 0 aromatic heterocycles. The van der Waals surface area contributed by atoms with Crippen LogP contribution >= 0.6 is 0 Å². The Morgan fingerprint density at radius 1 is 1.23 bits per heavy atom. The molecule has 0 atom stereocenters. The smallest absolute Gasteiger partial charge is 0.269 e. The summed E-state index contributed by atoms with van der Waals surface area (Å²) in [5.74, 6) is 0.506. The van der Waals surface area contributed by atoms with Crippen LogP contribution in [0.3, 0.4) is 0 Å². The molecular weight excluding hydrogens is 332 g/mol. The summed E-state index contributed by atoms with van der Waals surface area (Å²) in [7, 11) is 0. The Bertz CT molecular complexity index is 798. The largest absolute Gasteiger partial charge is 0.494 e. The van der Waals surface area contributed by atoms with Gasteiger partial charge in [-0.15, -0.1) is 0 Å². The third-order valence-electron chi connectivity index (χ3n) is 3.75. The number of hydrogen-bond acceptors (Lipinski definition) is 4. The number of nitrogens with zero attached hydrogens (tertiary/aromatic N) is 1. The minimum Gasteiger partial charge on any atom is -0.494 e. The number of hydrogen-bond donors (Lipinski definition) is 1. The first-order valence-electron chi connectivity index (χ1n) is 8.46. The van der Waals surface area contributed by atoms with E-state index < -0.39 is 4.92 Å². The van der Waals surface area contributed by atoms with E-state index in [1.165, 1.54) is 24.3 Å². The van der Waals surface area contributed by atoms with Crippen molar-refractivity contribution in [3.8, 4) is 5.75 Å². The summed E-state index contributed by atoms with van der Waals surface area (Å²) in [5.41, 5.74) is 2.06. The van der Waals surface area contributed by atoms with Crippen molar-refractivity contribution in [1.29, 1.82) is 0 Å². The Morgan fingerprint density at radius 3 is 2.58 bits per heavy atom. The van der Waals surface area contributed by atoms with Gasteiger partial charge in [0, 0.05) is 23.9 Å². The lowest BCUT2D eigenvalue weighted by molar-refractivity contribution is -0.384. The standard InChI is InChI=1S/C20H22N2O4/c1-3-4-13-26-18-9-5-16(6-10-18)7-12-20(23)21-19-11-8-17(22(24)25)14-15(19)2/h5-12,14H,3-4,13H2,1-2H3,(H,21,23)/b12-7+. The van der Waals surface area contributed by atoms with Gasteiger partial charge in [0.2, 0.25) is 5.91 Å². The first-order chi connectivity index (χ1) is 12.5. The summed E-state index contributed by atoms with van der Waals surface area (Å²) < 4.78 is 5.59. The van der Waals surface area contributed by atoms with Gasteiger partial charge in [0.15, 0.2) is 0 Å². The zero-order chi connectivity index (χ0) is 18.9. The monoisotopic (exact) mass is 354 g/mol. The van der Waals surface area contributed by atoms with E-state index in [0.29, 0.717) is 17.9 Å². The molecule has 0 aliphatic heterocycles. The summed E-state index contributed by atoms with van der Waals surface area (Å²) in [6, 6.07) is 11.8. The second-order valence-corrected chi connectivity index (χ2v) is 5.85. The third-order valence-corrected chi connectivity index (χ3v) is 3.75. The van der Waals surface area contributed by atoms with Crippen LogP contribution in [0.2, 0.25) is 0 Å². The Hall–Kier alpha value is -3.15. The number of nitro benzene ring substituents is 1. The lowest BCUT2D eigenvalue weighted by atomic mass is 10.1. The molecule has 2 rings (SSSR count). The number of ether oxygens (including phenoxy) is 1. The minimum atomic E-state index is -0.464. The number of benzene rings is 2. The number of amides is 1. The zero-order valence-electron chi connectivity index (χ0n) is 14.9. The summed E-state index contributed by atoms with van der Waals surface area (Å²) in [5, 5.41) is 13.5. The third kappa shape index (κ3) is 5.73. The average Bonchev–Trinajstić information content (AvgIpc) is 2.63. The van der Waals surface area contributed by atoms with Crippen molar-refractivity contribution < 1.29 is 14.5 Å². The van der Waals surface area contributed by atoms with Crippen molar-refractivity contribution in [2.24, 2.45) is 0 Å². The quantitative estimate of drug-likeness (QED) is 0.321. The number of rotatable bonds is 8. The molecule has 1 N–H and O–H groups in total. The summed E-state index contributed by atoms with van der Waals surface area (Å²) >= 11 is 0. The van der Waals surface area contributed by atoms with Crippen molar-refractivity contribution in [1.82, 2.24) is 0 Å². The van der Waals surface area contributed by atoms with Gasteiger partial charge in [0.25, 0.3) is 5.69 Å². The molecule has 2 aromatic rings. The molecule has 26 heavy (non-hydrogen) atoms. The fourth-order valence-electron chi connectivity index (χ4n) is 2.26. The van der Waals surface area contributed by atoms with Gasteiger partial charge < -0.3 is 10.1 Å².